The molecule has 4 aromatic rings. The van der Waals surface area contributed by atoms with Crippen LogP contribution in [0.5, 0.6) is 0 Å². The van der Waals surface area contributed by atoms with Crippen LogP contribution in [0.25, 0.3) is 0 Å². The number of hydrogen-bond donors (Lipinski definition) is 0. The Kier molecular flexibility index (Phi) is 20.4. The molecule has 268 valence electrons. The van der Waals surface area contributed by atoms with E-state index in [1.165, 1.54) is 47.1 Å². The summed E-state index contributed by atoms with van der Waals surface area (Å²) in [5, 5.41) is 0. The molecule has 4 rings (SSSR count). The lowest BCUT2D eigenvalue weighted by Gasteiger charge is -2.25. The monoisotopic (exact) mass is 674 g/mol. The second kappa shape index (κ2) is 24.2. The molecule has 50 heavy (non-hydrogen) atoms. The van der Waals surface area contributed by atoms with Crippen molar-refractivity contribution >= 4 is 0 Å². The van der Waals surface area contributed by atoms with Crippen molar-refractivity contribution in [1.82, 2.24) is 9.80 Å². The van der Waals surface area contributed by atoms with Crippen LogP contribution < -0.4 is 0 Å². The average molecular weight is 675 g/mol. The minimum atomic E-state index is -0.164. The molecule has 0 saturated heterocycles. The Morgan fingerprint density at radius 2 is 1.26 bits per heavy atom. The second-order valence-electron chi connectivity index (χ2n) is 13.8. The van der Waals surface area contributed by atoms with Gasteiger partial charge in [0.1, 0.15) is 5.82 Å². The molecule has 0 aromatic heterocycles. The molecule has 0 aliphatic heterocycles. The van der Waals surface area contributed by atoms with Crippen LogP contribution in [0.3, 0.4) is 0 Å². The first kappa shape index (κ1) is 42.1. The quantitative estimate of drug-likeness (QED) is 0.0862. The Morgan fingerprint density at radius 1 is 0.720 bits per heavy atom. The van der Waals surface area contributed by atoms with E-state index in [-0.39, 0.29) is 5.82 Å². The normalized spacial score (nSPS) is 11.7. The van der Waals surface area contributed by atoms with Crippen molar-refractivity contribution in [3.63, 3.8) is 0 Å². The van der Waals surface area contributed by atoms with Gasteiger partial charge in [-0.25, -0.2) is 4.39 Å². The molecule has 0 heterocycles. The standard InChI is InChI=1S/C21H28FN.C19H25N.C7H10/c1-4-5-6-10-21(18-11-13-20(22)14-12-18)19-9-7-8-17(15-19)16-23(2)3;1-16(2)20(3)15-14-19(17-10-6-4-7-11-17)18-12-8-5-9-13-18;1-4-5-6-7(2)3/h7-9,11-15,21H,4-6,10,16H2,1-3H3;4-13,16,19H,14-15H2,1-3H3;4-6H,1-2H2,3H3/b;;6-5-. The smallest absolute Gasteiger partial charge is 0.123 e. The summed E-state index contributed by atoms with van der Waals surface area (Å²) in [6.07, 6.45) is 11.4. The van der Waals surface area contributed by atoms with Gasteiger partial charge in [0.25, 0.3) is 0 Å². The molecule has 1 unspecified atom stereocenters. The Morgan fingerprint density at radius 3 is 1.74 bits per heavy atom. The molecule has 0 N–H and O–H groups in total. The number of benzene rings is 4. The van der Waals surface area contributed by atoms with Gasteiger partial charge in [0.05, 0.1) is 0 Å². The van der Waals surface area contributed by atoms with E-state index < -0.39 is 0 Å². The summed E-state index contributed by atoms with van der Waals surface area (Å²) in [6, 6.07) is 38.1. The maximum atomic E-state index is 13.3. The van der Waals surface area contributed by atoms with Gasteiger partial charge < -0.3 is 9.80 Å². The van der Waals surface area contributed by atoms with Crippen LogP contribution in [0.15, 0.2) is 146 Å². The van der Waals surface area contributed by atoms with E-state index in [0.717, 1.165) is 31.5 Å². The van der Waals surface area contributed by atoms with Crippen LogP contribution in [0.2, 0.25) is 0 Å². The summed E-state index contributed by atoms with van der Waals surface area (Å²) in [5.41, 5.74) is 7.76. The van der Waals surface area contributed by atoms with E-state index >= 15 is 0 Å². The third-order valence-corrected chi connectivity index (χ3v) is 8.79. The zero-order chi connectivity index (χ0) is 36.7. The van der Waals surface area contributed by atoms with Gasteiger partial charge in [0.2, 0.25) is 0 Å². The summed E-state index contributed by atoms with van der Waals surface area (Å²) in [4.78, 5) is 4.60. The van der Waals surface area contributed by atoms with Crippen LogP contribution in [-0.2, 0) is 6.54 Å². The first-order valence-electron chi connectivity index (χ1n) is 18.3. The molecular weight excluding hydrogens is 612 g/mol. The number of rotatable bonds is 16. The van der Waals surface area contributed by atoms with Gasteiger partial charge in [-0.1, -0.05) is 160 Å². The highest BCUT2D eigenvalue weighted by Gasteiger charge is 2.16. The summed E-state index contributed by atoms with van der Waals surface area (Å²) in [7, 11) is 6.38. The minimum absolute atomic E-state index is 0.164. The largest absolute Gasteiger partial charge is 0.305 e. The molecule has 3 heteroatoms. The topological polar surface area (TPSA) is 6.48 Å². The molecule has 1 atom stereocenters. The van der Waals surface area contributed by atoms with Gasteiger partial charge in [0, 0.05) is 24.4 Å². The first-order valence-corrected chi connectivity index (χ1v) is 18.3. The number of unbranched alkanes of at least 4 members (excludes halogenated alkanes) is 2. The van der Waals surface area contributed by atoms with Gasteiger partial charge in [-0.3, -0.25) is 0 Å². The third kappa shape index (κ3) is 16.6. The van der Waals surface area contributed by atoms with Crippen molar-refractivity contribution in [2.75, 3.05) is 27.7 Å². The molecule has 4 aromatic carbocycles. The molecule has 0 fully saturated rings. The maximum absolute atomic E-state index is 13.3. The lowest BCUT2D eigenvalue weighted by atomic mass is 9.86. The molecule has 2 nitrogen and oxygen atoms in total. The van der Waals surface area contributed by atoms with E-state index in [0.29, 0.717) is 17.9 Å². The zero-order valence-corrected chi connectivity index (χ0v) is 32.0. The van der Waals surface area contributed by atoms with E-state index in [1.54, 1.807) is 18.2 Å². The fourth-order valence-electron chi connectivity index (χ4n) is 5.81. The molecule has 0 saturated carbocycles. The van der Waals surface area contributed by atoms with Crippen LogP contribution in [0, 0.1) is 5.82 Å². The van der Waals surface area contributed by atoms with E-state index in [2.05, 4.69) is 150 Å². The predicted octanol–water partition coefficient (Wildman–Crippen LogP) is 12.5. The molecule has 0 amide bonds. The Hall–Kier alpha value is -4.05. The lowest BCUT2D eigenvalue weighted by Crippen LogP contribution is -2.28. The second-order valence-corrected chi connectivity index (χ2v) is 13.8. The molecule has 0 spiro atoms. The number of nitrogens with zero attached hydrogens (tertiary/aromatic N) is 2. The first-order chi connectivity index (χ1) is 24.0. The zero-order valence-electron chi connectivity index (χ0n) is 32.0. The van der Waals surface area contributed by atoms with Crippen molar-refractivity contribution in [2.24, 2.45) is 0 Å². The Balaban J connectivity index is 0.000000294. The van der Waals surface area contributed by atoms with Crippen LogP contribution in [0.1, 0.15) is 99.5 Å². The third-order valence-electron chi connectivity index (χ3n) is 8.79. The van der Waals surface area contributed by atoms with Crippen LogP contribution >= 0.6 is 0 Å². The number of hydrogen-bond acceptors (Lipinski definition) is 2. The Bertz CT molecular complexity index is 1470. The molecule has 0 radical (unpaired) electrons. The van der Waals surface area contributed by atoms with Gasteiger partial charge in [-0.05, 0) is 101 Å². The maximum Gasteiger partial charge on any atom is 0.123 e. The van der Waals surface area contributed by atoms with Crippen molar-refractivity contribution in [3.05, 3.63) is 180 Å². The molecular formula is C47H63FN2. The van der Waals surface area contributed by atoms with Gasteiger partial charge in [0.15, 0.2) is 0 Å². The minimum Gasteiger partial charge on any atom is -0.305 e. The Labute approximate surface area is 305 Å². The van der Waals surface area contributed by atoms with Crippen LogP contribution in [-0.4, -0.2) is 43.5 Å². The number of halogens is 1. The average Bonchev–Trinajstić information content (AvgIpc) is 3.11. The molecule has 0 aliphatic rings. The summed E-state index contributed by atoms with van der Waals surface area (Å²) in [5.74, 6) is 0.672. The van der Waals surface area contributed by atoms with Crippen molar-refractivity contribution in [1.29, 1.82) is 0 Å². The van der Waals surface area contributed by atoms with E-state index in [4.69, 9.17) is 0 Å². The van der Waals surface area contributed by atoms with Gasteiger partial charge >= 0.3 is 0 Å². The summed E-state index contributed by atoms with van der Waals surface area (Å²) < 4.78 is 13.3. The number of allylic oxidation sites excluding steroid dienone is 4. The van der Waals surface area contributed by atoms with Gasteiger partial charge in [-0.2, -0.15) is 0 Å². The molecule has 0 bridgehead atoms. The van der Waals surface area contributed by atoms with Crippen molar-refractivity contribution in [3.8, 4) is 0 Å². The summed E-state index contributed by atoms with van der Waals surface area (Å²) in [6.45, 7) is 17.9. The van der Waals surface area contributed by atoms with E-state index in [9.17, 15) is 4.39 Å². The molecule has 0 aliphatic carbocycles. The highest BCUT2D eigenvalue weighted by atomic mass is 19.1. The fraction of sp³-hybridized carbons (Fsp3) is 0.362. The van der Waals surface area contributed by atoms with Crippen molar-refractivity contribution in [2.45, 2.75) is 84.2 Å². The lowest BCUT2D eigenvalue weighted by molar-refractivity contribution is 0.266. The highest BCUT2D eigenvalue weighted by Crippen LogP contribution is 2.31. The highest BCUT2D eigenvalue weighted by molar-refractivity contribution is 5.35. The van der Waals surface area contributed by atoms with Crippen LogP contribution in [0.4, 0.5) is 4.39 Å². The van der Waals surface area contributed by atoms with Gasteiger partial charge in [-0.15, -0.1) is 0 Å². The van der Waals surface area contributed by atoms with E-state index in [1.807, 2.05) is 31.2 Å². The summed E-state index contributed by atoms with van der Waals surface area (Å²) >= 11 is 0. The SMILES string of the molecule is C=C/C=C\C(=C)C.CC(C)N(C)CCC(c1ccccc1)c1ccccc1.CCCCCC(c1ccc(F)cc1)c1cccc(CN(C)C)c1. The fourth-order valence-corrected chi connectivity index (χ4v) is 5.81. The predicted molar refractivity (Wildman–Crippen MR) is 217 cm³/mol. The van der Waals surface area contributed by atoms with Crippen molar-refractivity contribution < 1.29 is 4.39 Å².